The summed E-state index contributed by atoms with van der Waals surface area (Å²) in [5.41, 5.74) is 0.422. The molecular formula is C14H24N2O2. The van der Waals surface area contributed by atoms with Gasteiger partial charge in [0.1, 0.15) is 0 Å². The van der Waals surface area contributed by atoms with Crippen LogP contribution >= 0.6 is 0 Å². The maximum absolute atomic E-state index is 12.3. The zero-order chi connectivity index (χ0) is 13.3. The van der Waals surface area contributed by atoms with Crippen LogP contribution < -0.4 is 5.32 Å². The Morgan fingerprint density at radius 1 is 1.33 bits per heavy atom. The second kappa shape index (κ2) is 4.90. The van der Waals surface area contributed by atoms with Crippen LogP contribution in [0.4, 0.5) is 0 Å². The van der Waals surface area contributed by atoms with Crippen molar-refractivity contribution in [2.45, 2.75) is 52.0 Å². The maximum Gasteiger partial charge on any atom is 0.227 e. The van der Waals surface area contributed by atoms with Gasteiger partial charge < -0.3 is 10.2 Å². The summed E-state index contributed by atoms with van der Waals surface area (Å²) in [5, 5.41) is 2.73. The Morgan fingerprint density at radius 3 is 2.44 bits per heavy atom. The summed E-state index contributed by atoms with van der Waals surface area (Å²) in [6.07, 6.45) is 4.89. The predicted molar refractivity (Wildman–Crippen MR) is 69.9 cm³/mol. The molecule has 0 aromatic carbocycles. The third-order valence-electron chi connectivity index (χ3n) is 4.53. The SMILES string of the molecule is CN(C(=O)C1CNC(=O)C1)C1CCC(C)(C)CC1. The third-order valence-corrected chi connectivity index (χ3v) is 4.53. The van der Waals surface area contributed by atoms with Crippen molar-refractivity contribution >= 4 is 11.8 Å². The maximum atomic E-state index is 12.3. The van der Waals surface area contributed by atoms with Gasteiger partial charge in [0.15, 0.2) is 0 Å². The van der Waals surface area contributed by atoms with Gasteiger partial charge in [0.25, 0.3) is 0 Å². The van der Waals surface area contributed by atoms with Gasteiger partial charge in [-0.25, -0.2) is 0 Å². The number of nitrogens with zero attached hydrogens (tertiary/aromatic N) is 1. The number of rotatable bonds is 2. The molecule has 2 fully saturated rings. The first kappa shape index (κ1) is 13.4. The molecule has 0 aromatic heterocycles. The smallest absolute Gasteiger partial charge is 0.227 e. The molecule has 2 rings (SSSR count). The molecule has 4 nitrogen and oxygen atoms in total. The zero-order valence-corrected chi connectivity index (χ0v) is 11.7. The summed E-state index contributed by atoms with van der Waals surface area (Å²) in [5.74, 6) is 0.00187. The minimum Gasteiger partial charge on any atom is -0.355 e. The Balaban J connectivity index is 1.89. The largest absolute Gasteiger partial charge is 0.355 e. The molecule has 18 heavy (non-hydrogen) atoms. The highest BCUT2D eigenvalue weighted by Gasteiger charge is 2.35. The van der Waals surface area contributed by atoms with Crippen LogP contribution in [0.25, 0.3) is 0 Å². The molecule has 0 aromatic rings. The molecule has 1 aliphatic heterocycles. The lowest BCUT2D eigenvalue weighted by molar-refractivity contribution is -0.137. The molecular weight excluding hydrogens is 228 g/mol. The highest BCUT2D eigenvalue weighted by molar-refractivity contribution is 5.89. The predicted octanol–water partition coefficient (Wildman–Crippen LogP) is 1.55. The lowest BCUT2D eigenvalue weighted by atomic mass is 9.75. The van der Waals surface area contributed by atoms with Crippen LogP contribution in [0.2, 0.25) is 0 Å². The summed E-state index contributed by atoms with van der Waals surface area (Å²) in [6.45, 7) is 5.11. The number of amides is 2. The fourth-order valence-electron chi connectivity index (χ4n) is 3.02. The van der Waals surface area contributed by atoms with E-state index >= 15 is 0 Å². The van der Waals surface area contributed by atoms with Gasteiger partial charge in [-0.3, -0.25) is 9.59 Å². The van der Waals surface area contributed by atoms with Crippen molar-refractivity contribution in [3.05, 3.63) is 0 Å². The van der Waals surface area contributed by atoms with Gasteiger partial charge in [0.2, 0.25) is 11.8 Å². The Kier molecular flexibility index (Phi) is 3.64. The first-order chi connectivity index (χ1) is 8.39. The van der Waals surface area contributed by atoms with E-state index in [-0.39, 0.29) is 17.7 Å². The van der Waals surface area contributed by atoms with Crippen molar-refractivity contribution in [2.24, 2.45) is 11.3 Å². The molecule has 1 unspecified atom stereocenters. The summed E-state index contributed by atoms with van der Waals surface area (Å²) in [7, 11) is 1.90. The van der Waals surface area contributed by atoms with E-state index in [0.29, 0.717) is 24.4 Å². The van der Waals surface area contributed by atoms with Crippen molar-refractivity contribution in [3.63, 3.8) is 0 Å². The third kappa shape index (κ3) is 2.85. The van der Waals surface area contributed by atoms with E-state index in [1.54, 1.807) is 0 Å². The highest BCUT2D eigenvalue weighted by Crippen LogP contribution is 2.37. The van der Waals surface area contributed by atoms with Crippen LogP contribution in [-0.4, -0.2) is 36.3 Å². The molecule has 1 N–H and O–H groups in total. The van der Waals surface area contributed by atoms with Crippen molar-refractivity contribution in [3.8, 4) is 0 Å². The van der Waals surface area contributed by atoms with Crippen LogP contribution in [0.1, 0.15) is 46.0 Å². The van der Waals surface area contributed by atoms with Crippen LogP contribution in [0.5, 0.6) is 0 Å². The minimum atomic E-state index is -0.141. The average Bonchev–Trinajstić information content (AvgIpc) is 2.74. The topological polar surface area (TPSA) is 49.4 Å². The van der Waals surface area contributed by atoms with Crippen molar-refractivity contribution in [1.82, 2.24) is 10.2 Å². The van der Waals surface area contributed by atoms with Gasteiger partial charge in [0, 0.05) is 26.1 Å². The molecule has 0 spiro atoms. The average molecular weight is 252 g/mol. The molecule has 0 bridgehead atoms. The second-order valence-electron chi connectivity index (χ2n) is 6.55. The number of nitrogens with one attached hydrogen (secondary N) is 1. The quantitative estimate of drug-likeness (QED) is 0.810. The second-order valence-corrected chi connectivity index (χ2v) is 6.55. The van der Waals surface area contributed by atoms with E-state index in [1.165, 1.54) is 12.8 Å². The Morgan fingerprint density at radius 2 is 1.94 bits per heavy atom. The van der Waals surface area contributed by atoms with Gasteiger partial charge >= 0.3 is 0 Å². The van der Waals surface area contributed by atoms with Gasteiger partial charge in [-0.2, -0.15) is 0 Å². The molecule has 1 saturated heterocycles. The summed E-state index contributed by atoms with van der Waals surface area (Å²) >= 11 is 0. The lowest BCUT2D eigenvalue weighted by Crippen LogP contribution is -2.44. The Hall–Kier alpha value is -1.06. The van der Waals surface area contributed by atoms with Crippen molar-refractivity contribution in [1.29, 1.82) is 0 Å². The van der Waals surface area contributed by atoms with E-state index in [0.717, 1.165) is 12.8 Å². The normalized spacial score (nSPS) is 27.9. The first-order valence-corrected chi connectivity index (χ1v) is 6.92. The summed E-state index contributed by atoms with van der Waals surface area (Å²) in [6, 6.07) is 0.362. The monoisotopic (exact) mass is 252 g/mol. The molecule has 1 heterocycles. The van der Waals surface area contributed by atoms with Gasteiger partial charge in [-0.15, -0.1) is 0 Å². The Labute approximate surface area is 109 Å². The van der Waals surface area contributed by atoms with Gasteiger partial charge in [0.05, 0.1) is 5.92 Å². The Bertz CT molecular complexity index is 342. The van der Waals surface area contributed by atoms with E-state index in [9.17, 15) is 9.59 Å². The van der Waals surface area contributed by atoms with Crippen LogP contribution in [0.15, 0.2) is 0 Å². The van der Waals surface area contributed by atoms with Gasteiger partial charge in [-0.05, 0) is 31.1 Å². The first-order valence-electron chi connectivity index (χ1n) is 6.92. The lowest BCUT2D eigenvalue weighted by Gasteiger charge is -2.39. The number of carbonyl (C=O) groups excluding carboxylic acids is 2. The van der Waals surface area contributed by atoms with E-state index in [2.05, 4.69) is 19.2 Å². The molecule has 1 saturated carbocycles. The fourth-order valence-corrected chi connectivity index (χ4v) is 3.02. The van der Waals surface area contributed by atoms with E-state index in [1.807, 2.05) is 11.9 Å². The van der Waals surface area contributed by atoms with Crippen LogP contribution in [0.3, 0.4) is 0 Å². The highest BCUT2D eigenvalue weighted by atomic mass is 16.2. The molecule has 102 valence electrons. The van der Waals surface area contributed by atoms with E-state index < -0.39 is 0 Å². The molecule has 0 radical (unpaired) electrons. The van der Waals surface area contributed by atoms with Crippen LogP contribution in [-0.2, 0) is 9.59 Å². The summed E-state index contributed by atoms with van der Waals surface area (Å²) in [4.78, 5) is 25.3. The van der Waals surface area contributed by atoms with E-state index in [4.69, 9.17) is 0 Å². The molecule has 2 amide bonds. The zero-order valence-electron chi connectivity index (χ0n) is 11.7. The molecule has 2 aliphatic rings. The molecule has 1 atom stereocenters. The fraction of sp³-hybridized carbons (Fsp3) is 0.857. The number of hydrogen-bond donors (Lipinski definition) is 1. The number of hydrogen-bond acceptors (Lipinski definition) is 2. The van der Waals surface area contributed by atoms with Crippen molar-refractivity contribution < 1.29 is 9.59 Å². The molecule has 1 aliphatic carbocycles. The summed E-state index contributed by atoms with van der Waals surface area (Å²) < 4.78 is 0. The van der Waals surface area contributed by atoms with Crippen LogP contribution in [0, 0.1) is 11.3 Å². The molecule has 4 heteroatoms. The number of carbonyl (C=O) groups is 2. The van der Waals surface area contributed by atoms with Crippen molar-refractivity contribution in [2.75, 3.05) is 13.6 Å². The van der Waals surface area contributed by atoms with Gasteiger partial charge in [-0.1, -0.05) is 13.8 Å². The standard InChI is InChI=1S/C14H24N2O2/c1-14(2)6-4-11(5-7-14)16(3)13(18)10-8-12(17)15-9-10/h10-11H,4-9H2,1-3H3,(H,15,17). The minimum absolute atomic E-state index is 0.00604.